The number of rotatable bonds is 2. The third kappa shape index (κ3) is 2.27. The van der Waals surface area contributed by atoms with E-state index in [1.54, 1.807) is 6.92 Å². The molecule has 19 heavy (non-hydrogen) atoms. The Morgan fingerprint density at radius 1 is 1.21 bits per heavy atom. The van der Waals surface area contributed by atoms with Crippen LogP contribution in [0.1, 0.15) is 34.6 Å². The Hall–Kier alpha value is -1.02. The Bertz CT molecular complexity index is 380. The number of aldehydes is 1. The molecule has 1 heterocycles. The predicted octanol–water partition coefficient (Wildman–Crippen LogP) is -1.45. The summed E-state index contributed by atoms with van der Waals surface area (Å²) in [7, 11) is 0. The van der Waals surface area contributed by atoms with Crippen molar-refractivity contribution in [3.05, 3.63) is 0 Å². The van der Waals surface area contributed by atoms with Crippen LogP contribution in [0.25, 0.3) is 0 Å². The van der Waals surface area contributed by atoms with E-state index in [-0.39, 0.29) is 18.0 Å². The molecule has 0 aromatic heterocycles. The first-order valence-electron chi connectivity index (χ1n) is 5.77. The van der Waals surface area contributed by atoms with Crippen LogP contribution in [-0.4, -0.2) is 56.8 Å². The van der Waals surface area contributed by atoms with Crippen LogP contribution >= 0.6 is 0 Å². The molecule has 0 radical (unpaired) electrons. The van der Waals surface area contributed by atoms with Gasteiger partial charge < -0.3 is 30.5 Å². The van der Waals surface area contributed by atoms with E-state index in [0.29, 0.717) is 6.29 Å². The van der Waals surface area contributed by atoms with Crippen molar-refractivity contribution in [2.24, 2.45) is 0 Å². The zero-order valence-corrected chi connectivity index (χ0v) is 11.9. The van der Waals surface area contributed by atoms with Crippen LogP contribution in [0.3, 0.4) is 0 Å². The van der Waals surface area contributed by atoms with E-state index < -0.39 is 22.3 Å². The molecule has 0 bridgehead atoms. The molecule has 0 aromatic rings. The van der Waals surface area contributed by atoms with Crippen LogP contribution in [0.4, 0.5) is 0 Å². The lowest BCUT2D eigenvalue weighted by Crippen LogP contribution is -2.81. The second-order valence-electron chi connectivity index (χ2n) is 5.67. The summed E-state index contributed by atoms with van der Waals surface area (Å²) < 4.78 is 5.39. The van der Waals surface area contributed by atoms with Gasteiger partial charge in [0.05, 0.1) is 12.1 Å². The van der Waals surface area contributed by atoms with E-state index in [2.05, 4.69) is 5.32 Å². The first-order chi connectivity index (χ1) is 7.93. The molecule has 1 aliphatic rings. The summed E-state index contributed by atoms with van der Waals surface area (Å²) in [5, 5.41) is 23.7. The molecule has 2 unspecified atom stereocenters. The molecular weight excluding hydrogens is 254 g/mol. The maximum atomic E-state index is 11.2. The lowest BCUT2D eigenvalue weighted by atomic mass is 9.63. The molecule has 1 fully saturated rings. The largest absolute Gasteiger partial charge is 0.412 e. The van der Waals surface area contributed by atoms with Crippen LogP contribution in [0.2, 0.25) is 0 Å². The van der Waals surface area contributed by atoms with Crippen molar-refractivity contribution in [3.63, 3.8) is 0 Å². The lowest BCUT2D eigenvalue weighted by Gasteiger charge is -2.59. The van der Waals surface area contributed by atoms with Gasteiger partial charge in [0, 0.05) is 6.92 Å². The van der Waals surface area contributed by atoms with E-state index in [9.17, 15) is 19.8 Å². The fraction of sp³-hybridized carbons (Fsp3) is 0.833. The number of hydrogen-bond acceptors (Lipinski definition) is 5. The van der Waals surface area contributed by atoms with Crippen molar-refractivity contribution in [2.75, 3.05) is 6.61 Å². The Kier molecular flexibility index (Phi) is 4.57. The highest BCUT2D eigenvalue weighted by Gasteiger charge is 2.67. The van der Waals surface area contributed by atoms with E-state index in [1.807, 2.05) is 0 Å². The van der Waals surface area contributed by atoms with Gasteiger partial charge in [0.15, 0.2) is 11.9 Å². The molecular formula is C12H23NO6. The van der Waals surface area contributed by atoms with Crippen molar-refractivity contribution >= 4 is 12.2 Å². The van der Waals surface area contributed by atoms with Gasteiger partial charge in [-0.1, -0.05) is 0 Å². The highest BCUT2D eigenvalue weighted by Crippen LogP contribution is 2.45. The van der Waals surface area contributed by atoms with Crippen molar-refractivity contribution < 1.29 is 30.0 Å². The minimum Gasteiger partial charge on any atom is -0.412 e. The second-order valence-corrected chi connectivity index (χ2v) is 5.67. The Labute approximate surface area is 112 Å². The van der Waals surface area contributed by atoms with Crippen molar-refractivity contribution in [3.8, 4) is 0 Å². The van der Waals surface area contributed by atoms with Gasteiger partial charge in [-0.2, -0.15) is 0 Å². The highest BCUT2D eigenvalue weighted by molar-refractivity contribution is 5.74. The molecule has 1 aliphatic heterocycles. The monoisotopic (exact) mass is 277 g/mol. The summed E-state index contributed by atoms with van der Waals surface area (Å²) in [5.74, 6) is -0.355. The summed E-state index contributed by atoms with van der Waals surface area (Å²) >= 11 is 0. The quantitative estimate of drug-likeness (QED) is 0.532. The molecule has 1 saturated heterocycles. The number of aliphatic hydroxyl groups is 2. The Morgan fingerprint density at radius 3 is 2.05 bits per heavy atom. The van der Waals surface area contributed by atoms with Crippen LogP contribution in [0, 0.1) is 0 Å². The third-order valence-corrected chi connectivity index (χ3v) is 4.33. The van der Waals surface area contributed by atoms with Gasteiger partial charge >= 0.3 is 0 Å². The molecule has 1 amide bonds. The average Bonchev–Trinajstić information content (AvgIpc) is 2.22. The Balaban J connectivity index is 0.00000324. The summed E-state index contributed by atoms with van der Waals surface area (Å²) in [5.41, 5.74) is -6.31. The van der Waals surface area contributed by atoms with Crippen molar-refractivity contribution in [1.29, 1.82) is 0 Å². The molecule has 0 aromatic carbocycles. The Morgan fingerprint density at radius 2 is 1.68 bits per heavy atom. The molecule has 4 atom stereocenters. The van der Waals surface area contributed by atoms with Gasteiger partial charge in [0.25, 0.3) is 0 Å². The number of amides is 1. The van der Waals surface area contributed by atoms with E-state index >= 15 is 0 Å². The highest BCUT2D eigenvalue weighted by atomic mass is 16.5. The van der Waals surface area contributed by atoms with E-state index in [1.165, 1.54) is 27.7 Å². The average molecular weight is 277 g/mol. The first kappa shape index (κ1) is 18.0. The van der Waals surface area contributed by atoms with Gasteiger partial charge in [-0.05, 0) is 27.7 Å². The fourth-order valence-electron chi connectivity index (χ4n) is 2.29. The summed E-state index contributed by atoms with van der Waals surface area (Å²) in [4.78, 5) is 22.4. The third-order valence-electron chi connectivity index (χ3n) is 4.33. The van der Waals surface area contributed by atoms with Gasteiger partial charge in [0.1, 0.15) is 11.2 Å². The summed E-state index contributed by atoms with van der Waals surface area (Å²) in [6.45, 7) is 6.90. The van der Waals surface area contributed by atoms with Crippen molar-refractivity contribution in [1.82, 2.24) is 5.32 Å². The number of nitrogens with one attached hydrogen (secondary N) is 1. The van der Waals surface area contributed by atoms with Crippen molar-refractivity contribution in [2.45, 2.75) is 57.0 Å². The zero-order chi connectivity index (χ0) is 14.4. The van der Waals surface area contributed by atoms with Gasteiger partial charge in [-0.3, -0.25) is 4.79 Å². The fourth-order valence-corrected chi connectivity index (χ4v) is 2.29. The van der Waals surface area contributed by atoms with Crippen LogP contribution in [-0.2, 0) is 14.3 Å². The molecule has 1 rings (SSSR count). The van der Waals surface area contributed by atoms with Gasteiger partial charge in [-0.15, -0.1) is 0 Å². The molecule has 0 aliphatic carbocycles. The number of carbonyl (C=O) groups excluding carboxylic acids is 2. The summed E-state index contributed by atoms with van der Waals surface area (Å²) in [6, 6.07) is 0. The van der Waals surface area contributed by atoms with Gasteiger partial charge in [0.2, 0.25) is 5.91 Å². The number of ether oxygens (including phenoxy) is 1. The van der Waals surface area contributed by atoms with Gasteiger partial charge in [-0.25, -0.2) is 0 Å². The first-order valence-corrected chi connectivity index (χ1v) is 5.77. The molecule has 0 spiro atoms. The van der Waals surface area contributed by atoms with E-state index in [0.717, 1.165) is 0 Å². The smallest absolute Gasteiger partial charge is 0.217 e. The number of carbonyl (C=O) groups is 2. The molecule has 5 N–H and O–H groups in total. The second kappa shape index (κ2) is 4.82. The minimum atomic E-state index is -1.85. The normalized spacial score (nSPS) is 46.1. The molecule has 112 valence electrons. The summed E-state index contributed by atoms with van der Waals surface area (Å²) in [6.07, 6.45) is 0.467. The maximum Gasteiger partial charge on any atom is 0.217 e. The van der Waals surface area contributed by atoms with E-state index in [4.69, 9.17) is 4.74 Å². The SMILES string of the molecule is CC(=O)NC1(C)COC(C)(C=O)[C@](C)(O)[C@@]1(C)O.O. The van der Waals surface area contributed by atoms with Crippen LogP contribution in [0.15, 0.2) is 0 Å². The predicted molar refractivity (Wildman–Crippen MR) is 67.5 cm³/mol. The molecule has 0 saturated carbocycles. The molecule has 7 heteroatoms. The molecule has 7 nitrogen and oxygen atoms in total. The topological polar surface area (TPSA) is 127 Å². The maximum absolute atomic E-state index is 11.2. The standard InChI is InChI=1S/C12H21NO5.H2O/c1-8(15)13-9(2)7-18-10(3,6-14)12(5,17)11(9,4)16;/h6,16-17H,7H2,1-5H3,(H,13,15);1H2/t9?,10?,11-,12-;/m0./s1. The van der Waals surface area contributed by atoms with Crippen LogP contribution in [0.5, 0.6) is 0 Å². The minimum absolute atomic E-state index is 0. The zero-order valence-electron chi connectivity index (χ0n) is 11.9. The number of hydrogen-bond donors (Lipinski definition) is 3. The lowest BCUT2D eigenvalue weighted by molar-refractivity contribution is -0.296. The van der Waals surface area contributed by atoms with Crippen LogP contribution < -0.4 is 5.32 Å².